The SMILES string of the molecule is c1ccc2[nH]c(CCC(CCCc3[nH]c4ccccc4c3CCN3CCCCC3)CCN3CCCCC3)cc2c1. The second-order valence-electron chi connectivity index (χ2n) is 12.6. The molecule has 0 saturated carbocycles. The number of aromatic nitrogens is 2. The number of nitrogens with zero attached hydrogens (tertiary/aromatic N) is 2. The summed E-state index contributed by atoms with van der Waals surface area (Å²) in [6.45, 7) is 7.68. The van der Waals surface area contributed by atoms with Crippen molar-refractivity contribution in [3.05, 3.63) is 71.5 Å². The number of benzene rings is 2. The average Bonchev–Trinajstić information content (AvgIpc) is 3.59. The van der Waals surface area contributed by atoms with Crippen LogP contribution in [0.3, 0.4) is 0 Å². The third-order valence-electron chi connectivity index (χ3n) is 9.78. The molecule has 6 rings (SSSR count). The molecule has 2 saturated heterocycles. The molecule has 2 aliphatic heterocycles. The van der Waals surface area contributed by atoms with Crippen LogP contribution < -0.4 is 0 Å². The van der Waals surface area contributed by atoms with Gasteiger partial charge in [0, 0.05) is 34.4 Å². The maximum Gasteiger partial charge on any atom is 0.0458 e. The first-order valence-electron chi connectivity index (χ1n) is 16.4. The Morgan fingerprint density at radius 1 is 0.625 bits per heavy atom. The Kier molecular flexibility index (Phi) is 9.57. The zero-order chi connectivity index (χ0) is 27.0. The van der Waals surface area contributed by atoms with Crippen LogP contribution in [0.25, 0.3) is 21.8 Å². The third-order valence-corrected chi connectivity index (χ3v) is 9.78. The molecule has 2 aromatic heterocycles. The van der Waals surface area contributed by atoms with Crippen molar-refractivity contribution in [2.24, 2.45) is 5.92 Å². The van der Waals surface area contributed by atoms with Gasteiger partial charge < -0.3 is 19.8 Å². The van der Waals surface area contributed by atoms with E-state index in [1.165, 1.54) is 150 Å². The molecule has 1 atom stereocenters. The Morgan fingerprint density at radius 3 is 2.10 bits per heavy atom. The van der Waals surface area contributed by atoms with Crippen molar-refractivity contribution in [3.63, 3.8) is 0 Å². The highest BCUT2D eigenvalue weighted by Crippen LogP contribution is 2.27. The second kappa shape index (κ2) is 13.9. The summed E-state index contributed by atoms with van der Waals surface area (Å²) in [5, 5.41) is 2.80. The molecule has 214 valence electrons. The number of para-hydroxylation sites is 2. The fourth-order valence-electron chi connectivity index (χ4n) is 7.38. The van der Waals surface area contributed by atoms with Crippen LogP contribution in [0.1, 0.15) is 81.2 Å². The first-order chi connectivity index (χ1) is 19.8. The average molecular weight is 539 g/mol. The Hall–Kier alpha value is -2.56. The topological polar surface area (TPSA) is 38.1 Å². The molecule has 40 heavy (non-hydrogen) atoms. The van der Waals surface area contributed by atoms with Gasteiger partial charge in [-0.25, -0.2) is 0 Å². The Labute approximate surface area is 241 Å². The smallest absolute Gasteiger partial charge is 0.0458 e. The predicted octanol–water partition coefficient (Wildman–Crippen LogP) is 8.13. The lowest BCUT2D eigenvalue weighted by atomic mass is 9.91. The molecule has 1 unspecified atom stereocenters. The minimum Gasteiger partial charge on any atom is -0.358 e. The van der Waals surface area contributed by atoms with Crippen LogP contribution in [-0.4, -0.2) is 59.0 Å². The van der Waals surface area contributed by atoms with E-state index >= 15 is 0 Å². The molecular weight excluding hydrogens is 488 g/mol. The molecule has 0 amide bonds. The van der Waals surface area contributed by atoms with Gasteiger partial charge in [-0.1, -0.05) is 55.7 Å². The molecule has 0 radical (unpaired) electrons. The summed E-state index contributed by atoms with van der Waals surface area (Å²) in [7, 11) is 0. The second-order valence-corrected chi connectivity index (χ2v) is 12.6. The molecule has 4 nitrogen and oxygen atoms in total. The van der Waals surface area contributed by atoms with E-state index in [2.05, 4.69) is 74.4 Å². The van der Waals surface area contributed by atoms with Crippen molar-refractivity contribution in [2.75, 3.05) is 39.3 Å². The van der Waals surface area contributed by atoms with E-state index in [0.717, 1.165) is 12.3 Å². The third kappa shape index (κ3) is 7.19. The summed E-state index contributed by atoms with van der Waals surface area (Å²) >= 11 is 0. The van der Waals surface area contributed by atoms with E-state index < -0.39 is 0 Å². The molecule has 2 fully saturated rings. The number of likely N-dealkylation sites (tertiary alicyclic amines) is 2. The van der Waals surface area contributed by atoms with E-state index in [4.69, 9.17) is 0 Å². The lowest BCUT2D eigenvalue weighted by Crippen LogP contribution is -2.31. The van der Waals surface area contributed by atoms with Gasteiger partial charge >= 0.3 is 0 Å². The van der Waals surface area contributed by atoms with Crippen LogP contribution in [0.15, 0.2) is 54.6 Å². The van der Waals surface area contributed by atoms with Crippen molar-refractivity contribution in [1.82, 2.24) is 19.8 Å². The first-order valence-corrected chi connectivity index (χ1v) is 16.4. The van der Waals surface area contributed by atoms with Crippen LogP contribution in [0, 0.1) is 5.92 Å². The van der Waals surface area contributed by atoms with Crippen molar-refractivity contribution < 1.29 is 0 Å². The Balaban J connectivity index is 1.09. The van der Waals surface area contributed by atoms with Gasteiger partial charge in [-0.15, -0.1) is 0 Å². The number of H-pyrrole nitrogens is 2. The number of hydrogen-bond acceptors (Lipinski definition) is 2. The van der Waals surface area contributed by atoms with Crippen molar-refractivity contribution >= 4 is 21.8 Å². The number of hydrogen-bond donors (Lipinski definition) is 2. The van der Waals surface area contributed by atoms with Crippen molar-refractivity contribution in [3.8, 4) is 0 Å². The van der Waals surface area contributed by atoms with E-state index in [0.29, 0.717) is 0 Å². The predicted molar refractivity (Wildman–Crippen MR) is 170 cm³/mol. The van der Waals surface area contributed by atoms with Gasteiger partial charge in [0.1, 0.15) is 0 Å². The summed E-state index contributed by atoms with van der Waals surface area (Å²) < 4.78 is 0. The Bertz CT molecular complexity index is 1290. The summed E-state index contributed by atoms with van der Waals surface area (Å²) in [5.74, 6) is 0.787. The zero-order valence-corrected chi connectivity index (χ0v) is 24.6. The largest absolute Gasteiger partial charge is 0.358 e. The molecule has 2 aliphatic rings. The van der Waals surface area contributed by atoms with E-state index in [9.17, 15) is 0 Å². The fourth-order valence-corrected chi connectivity index (χ4v) is 7.38. The van der Waals surface area contributed by atoms with Crippen LogP contribution in [0.4, 0.5) is 0 Å². The van der Waals surface area contributed by atoms with E-state index in [1.54, 1.807) is 5.56 Å². The molecule has 4 aromatic rings. The number of aromatic amines is 2. The minimum atomic E-state index is 0.787. The van der Waals surface area contributed by atoms with Crippen LogP contribution >= 0.6 is 0 Å². The van der Waals surface area contributed by atoms with Gasteiger partial charge in [0.05, 0.1) is 0 Å². The fraction of sp³-hybridized carbons (Fsp3) is 0.556. The highest BCUT2D eigenvalue weighted by atomic mass is 15.1. The lowest BCUT2D eigenvalue weighted by molar-refractivity contribution is 0.207. The highest BCUT2D eigenvalue weighted by molar-refractivity contribution is 5.84. The van der Waals surface area contributed by atoms with Gasteiger partial charge in [-0.3, -0.25) is 0 Å². The molecule has 4 heterocycles. The normalized spacial score (nSPS) is 18.1. The monoisotopic (exact) mass is 538 g/mol. The molecule has 0 aliphatic carbocycles. The van der Waals surface area contributed by atoms with Crippen LogP contribution in [0.2, 0.25) is 0 Å². The van der Waals surface area contributed by atoms with Crippen LogP contribution in [0.5, 0.6) is 0 Å². The van der Waals surface area contributed by atoms with Gasteiger partial charge in [-0.05, 0) is 132 Å². The minimum absolute atomic E-state index is 0.787. The lowest BCUT2D eigenvalue weighted by Gasteiger charge is -2.28. The number of nitrogens with one attached hydrogen (secondary N) is 2. The molecule has 0 spiro atoms. The number of fused-ring (bicyclic) bond motifs is 2. The summed E-state index contributed by atoms with van der Waals surface area (Å²) in [6.07, 6.45) is 17.1. The zero-order valence-electron chi connectivity index (χ0n) is 24.6. The first kappa shape index (κ1) is 27.6. The maximum absolute atomic E-state index is 3.85. The van der Waals surface area contributed by atoms with Gasteiger partial charge in [-0.2, -0.15) is 0 Å². The highest BCUT2D eigenvalue weighted by Gasteiger charge is 2.18. The van der Waals surface area contributed by atoms with Gasteiger partial charge in [0.15, 0.2) is 0 Å². The quantitative estimate of drug-likeness (QED) is 0.180. The van der Waals surface area contributed by atoms with Crippen molar-refractivity contribution in [2.45, 2.75) is 83.5 Å². The Morgan fingerprint density at radius 2 is 1.32 bits per heavy atom. The number of rotatable bonds is 13. The maximum atomic E-state index is 3.85. The molecule has 2 aromatic carbocycles. The summed E-state index contributed by atoms with van der Waals surface area (Å²) in [6, 6.07) is 20.1. The van der Waals surface area contributed by atoms with Gasteiger partial charge in [0.2, 0.25) is 0 Å². The standard InChI is InChI=1S/C36H50N4/c1-7-22-39(23-8-1)26-20-29(18-19-31-28-30-13-3-5-15-34(30)37-31)12-11-17-36-33(21-27-40-24-9-2-10-25-40)32-14-4-6-16-35(32)38-36/h3-6,13-16,28-29,37-38H,1-2,7-12,17-27H2. The summed E-state index contributed by atoms with van der Waals surface area (Å²) in [4.78, 5) is 13.0. The number of piperidine rings is 2. The van der Waals surface area contributed by atoms with E-state index in [1.807, 2.05) is 0 Å². The molecule has 2 N–H and O–H groups in total. The molecule has 0 bridgehead atoms. The van der Waals surface area contributed by atoms with Crippen LogP contribution in [-0.2, 0) is 19.3 Å². The van der Waals surface area contributed by atoms with E-state index in [-0.39, 0.29) is 0 Å². The molecular formula is C36H50N4. The van der Waals surface area contributed by atoms with Gasteiger partial charge in [0.25, 0.3) is 0 Å². The number of aryl methyl sites for hydroxylation is 2. The summed E-state index contributed by atoms with van der Waals surface area (Å²) in [5.41, 5.74) is 7.09. The van der Waals surface area contributed by atoms with Crippen molar-refractivity contribution in [1.29, 1.82) is 0 Å². The molecule has 4 heteroatoms.